The van der Waals surface area contributed by atoms with Gasteiger partial charge < -0.3 is 10.1 Å². The maximum atomic E-state index is 14.8. The number of ether oxygens (including phenoxy) is 1. The fourth-order valence-electron chi connectivity index (χ4n) is 5.12. The fraction of sp³-hybridized carbons (Fsp3) is 0.333. The average Bonchev–Trinajstić information content (AvgIpc) is 3.20. The lowest BCUT2D eigenvalue weighted by molar-refractivity contribution is -0.141. The van der Waals surface area contributed by atoms with Crippen molar-refractivity contribution in [3.8, 4) is 11.4 Å². The molecule has 1 aliphatic rings. The lowest BCUT2D eigenvalue weighted by Gasteiger charge is -2.29. The molecule has 8 nitrogen and oxygen atoms in total. The number of imidazole rings is 1. The van der Waals surface area contributed by atoms with Crippen molar-refractivity contribution in [1.82, 2.24) is 24.4 Å². The molecule has 0 aliphatic heterocycles. The second-order valence-electron chi connectivity index (χ2n) is 9.63. The van der Waals surface area contributed by atoms with Crippen LogP contribution in [0.2, 0.25) is 5.02 Å². The molecule has 210 valence electrons. The normalized spacial score (nSPS) is 17.6. The van der Waals surface area contributed by atoms with Crippen LogP contribution in [0.4, 0.5) is 17.6 Å². The zero-order valence-corrected chi connectivity index (χ0v) is 22.0. The number of halogens is 5. The van der Waals surface area contributed by atoms with Crippen LogP contribution in [0.3, 0.4) is 0 Å². The van der Waals surface area contributed by atoms with E-state index in [9.17, 15) is 27.2 Å². The van der Waals surface area contributed by atoms with Gasteiger partial charge in [-0.05, 0) is 61.9 Å². The lowest BCUT2D eigenvalue weighted by Crippen LogP contribution is -2.39. The van der Waals surface area contributed by atoms with Crippen molar-refractivity contribution >= 4 is 28.7 Å². The molecule has 0 radical (unpaired) electrons. The molecule has 3 aromatic heterocycles. The Bertz CT molecular complexity index is 1630. The van der Waals surface area contributed by atoms with E-state index in [1.165, 1.54) is 36.1 Å². The van der Waals surface area contributed by atoms with Crippen molar-refractivity contribution < 1.29 is 27.1 Å². The molecule has 1 amide bonds. The van der Waals surface area contributed by atoms with Gasteiger partial charge in [-0.1, -0.05) is 11.6 Å². The van der Waals surface area contributed by atoms with Gasteiger partial charge in [0.25, 0.3) is 5.91 Å². The number of benzene rings is 1. The molecule has 5 rings (SSSR count). The SMILES string of the molecule is COc1ccc(F)c(-n2c(=O)n(CC3CCC(NC(=O)c4cc(Cl)cnc4C(F)(F)F)CC3)c3cccnc32)c1. The van der Waals surface area contributed by atoms with Gasteiger partial charge in [0.05, 0.1) is 28.9 Å². The first-order chi connectivity index (χ1) is 19.1. The van der Waals surface area contributed by atoms with Crippen LogP contribution in [-0.4, -0.2) is 38.2 Å². The number of hydrogen-bond acceptors (Lipinski definition) is 5. The summed E-state index contributed by atoms with van der Waals surface area (Å²) in [6, 6.07) is 8.15. The summed E-state index contributed by atoms with van der Waals surface area (Å²) in [5.74, 6) is -1.07. The molecule has 1 saturated carbocycles. The van der Waals surface area contributed by atoms with Crippen molar-refractivity contribution in [3.63, 3.8) is 0 Å². The van der Waals surface area contributed by atoms with Gasteiger partial charge in [-0.2, -0.15) is 13.2 Å². The van der Waals surface area contributed by atoms with E-state index in [1.54, 1.807) is 16.7 Å². The zero-order valence-electron chi connectivity index (χ0n) is 21.2. The van der Waals surface area contributed by atoms with Crippen molar-refractivity contribution in [3.05, 3.63) is 81.4 Å². The molecule has 3 heterocycles. The minimum Gasteiger partial charge on any atom is -0.497 e. The van der Waals surface area contributed by atoms with E-state index in [2.05, 4.69) is 15.3 Å². The number of aromatic nitrogens is 4. The summed E-state index contributed by atoms with van der Waals surface area (Å²) in [7, 11) is 1.45. The minimum atomic E-state index is -4.80. The molecule has 13 heteroatoms. The van der Waals surface area contributed by atoms with Gasteiger partial charge >= 0.3 is 11.9 Å². The Morgan fingerprint density at radius 3 is 2.60 bits per heavy atom. The van der Waals surface area contributed by atoms with E-state index in [0.29, 0.717) is 49.1 Å². The van der Waals surface area contributed by atoms with E-state index in [1.807, 2.05) is 0 Å². The molecule has 40 heavy (non-hydrogen) atoms. The Balaban J connectivity index is 1.33. The highest BCUT2D eigenvalue weighted by molar-refractivity contribution is 6.30. The molecule has 0 atom stereocenters. The third-order valence-electron chi connectivity index (χ3n) is 7.08. The number of hydrogen-bond donors (Lipinski definition) is 1. The largest absolute Gasteiger partial charge is 0.497 e. The van der Waals surface area contributed by atoms with Crippen LogP contribution in [0.1, 0.15) is 41.7 Å². The van der Waals surface area contributed by atoms with Crippen LogP contribution in [0.5, 0.6) is 5.75 Å². The van der Waals surface area contributed by atoms with Gasteiger partial charge in [-0.15, -0.1) is 0 Å². The summed E-state index contributed by atoms with van der Waals surface area (Å²) >= 11 is 5.80. The Morgan fingerprint density at radius 1 is 1.15 bits per heavy atom. The summed E-state index contributed by atoms with van der Waals surface area (Å²) in [6.07, 6.45) is -0.207. The van der Waals surface area contributed by atoms with E-state index in [0.717, 1.165) is 12.3 Å². The first-order valence-electron chi connectivity index (χ1n) is 12.5. The summed E-state index contributed by atoms with van der Waals surface area (Å²) in [5, 5.41) is 2.59. The summed E-state index contributed by atoms with van der Waals surface area (Å²) in [6.45, 7) is 0.330. The summed E-state index contributed by atoms with van der Waals surface area (Å²) < 4.78 is 62.8. The Morgan fingerprint density at radius 2 is 1.90 bits per heavy atom. The first kappa shape index (κ1) is 27.6. The predicted molar refractivity (Wildman–Crippen MR) is 139 cm³/mol. The molecule has 0 spiro atoms. The number of carbonyl (C=O) groups excluding carboxylic acids is 1. The highest BCUT2D eigenvalue weighted by Gasteiger charge is 2.38. The van der Waals surface area contributed by atoms with Crippen molar-refractivity contribution in [2.24, 2.45) is 5.92 Å². The van der Waals surface area contributed by atoms with Crippen LogP contribution in [0, 0.1) is 11.7 Å². The summed E-state index contributed by atoms with van der Waals surface area (Å²) in [5.41, 5.74) is -1.51. The third kappa shape index (κ3) is 5.40. The van der Waals surface area contributed by atoms with Crippen LogP contribution in [0.25, 0.3) is 16.9 Å². The van der Waals surface area contributed by atoms with Crippen molar-refractivity contribution in [2.75, 3.05) is 7.11 Å². The molecule has 0 unspecified atom stereocenters. The molecule has 0 saturated heterocycles. The van der Waals surface area contributed by atoms with E-state index >= 15 is 0 Å². The fourth-order valence-corrected chi connectivity index (χ4v) is 5.28. The topological polar surface area (TPSA) is 91.0 Å². The predicted octanol–water partition coefficient (Wildman–Crippen LogP) is 5.39. The Kier molecular flexibility index (Phi) is 7.54. The zero-order chi connectivity index (χ0) is 28.6. The molecule has 1 N–H and O–H groups in total. The van der Waals surface area contributed by atoms with Crippen molar-refractivity contribution in [2.45, 2.75) is 44.4 Å². The highest BCUT2D eigenvalue weighted by atomic mass is 35.5. The smallest absolute Gasteiger partial charge is 0.434 e. The first-order valence-corrected chi connectivity index (χ1v) is 12.9. The van der Waals surface area contributed by atoms with E-state index < -0.39 is 34.8 Å². The van der Waals surface area contributed by atoms with Crippen LogP contribution in [-0.2, 0) is 12.7 Å². The lowest BCUT2D eigenvalue weighted by atomic mass is 9.85. The minimum absolute atomic E-state index is 0.0203. The maximum absolute atomic E-state index is 14.8. The van der Waals surface area contributed by atoms with Gasteiger partial charge in [0.2, 0.25) is 0 Å². The molecule has 4 aromatic rings. The van der Waals surface area contributed by atoms with Gasteiger partial charge in [-0.3, -0.25) is 9.36 Å². The molecular formula is C27H24ClF4N5O3. The van der Waals surface area contributed by atoms with Crippen molar-refractivity contribution in [1.29, 1.82) is 0 Å². The number of fused-ring (bicyclic) bond motifs is 1. The number of amides is 1. The maximum Gasteiger partial charge on any atom is 0.434 e. The molecule has 0 bridgehead atoms. The quantitative estimate of drug-likeness (QED) is 0.310. The number of methoxy groups -OCH3 is 1. The number of rotatable bonds is 6. The van der Waals surface area contributed by atoms with Gasteiger partial charge in [0.1, 0.15) is 11.6 Å². The number of nitrogens with zero attached hydrogens (tertiary/aromatic N) is 4. The van der Waals surface area contributed by atoms with Crippen LogP contribution < -0.4 is 15.7 Å². The number of alkyl halides is 3. The van der Waals surface area contributed by atoms with E-state index in [-0.39, 0.29) is 22.7 Å². The molecule has 1 fully saturated rings. The second kappa shape index (κ2) is 10.9. The Labute approximate surface area is 230 Å². The molecule has 1 aliphatic carbocycles. The highest BCUT2D eigenvalue weighted by Crippen LogP contribution is 2.32. The second-order valence-corrected chi connectivity index (χ2v) is 10.1. The van der Waals surface area contributed by atoms with Crippen LogP contribution >= 0.6 is 11.6 Å². The Hall–Kier alpha value is -3.93. The third-order valence-corrected chi connectivity index (χ3v) is 7.28. The number of nitrogens with one attached hydrogen (secondary N) is 1. The monoisotopic (exact) mass is 577 g/mol. The van der Waals surface area contributed by atoms with E-state index in [4.69, 9.17) is 16.3 Å². The standard InChI is InChI=1S/C27H24ClF4N5O3/c1-40-18-8-9-20(29)22(12-18)37-24-21(3-2-10-33-24)36(26(37)39)14-15-4-6-17(7-5-15)35-25(38)19-11-16(28)13-34-23(19)27(30,31)32/h2-3,8-13,15,17H,4-7,14H2,1H3,(H,35,38). The number of carbonyl (C=O) groups is 1. The van der Waals surface area contributed by atoms with Gasteiger partial charge in [-0.25, -0.2) is 23.7 Å². The van der Waals surface area contributed by atoms with Gasteiger partial charge in [0.15, 0.2) is 11.3 Å². The summed E-state index contributed by atoms with van der Waals surface area (Å²) in [4.78, 5) is 33.9. The molecule has 1 aromatic carbocycles. The average molecular weight is 578 g/mol. The molecular weight excluding hydrogens is 554 g/mol. The van der Waals surface area contributed by atoms with Gasteiger partial charge in [0, 0.05) is 31.0 Å². The van der Waals surface area contributed by atoms with Crippen LogP contribution in [0.15, 0.2) is 53.6 Å². The number of pyridine rings is 2.